The van der Waals surface area contributed by atoms with E-state index in [4.69, 9.17) is 4.74 Å². The molecular formula is C18H19N3O3. The van der Waals surface area contributed by atoms with Crippen molar-refractivity contribution >= 4 is 23.3 Å². The van der Waals surface area contributed by atoms with Gasteiger partial charge in [-0.25, -0.2) is 4.98 Å². The van der Waals surface area contributed by atoms with Crippen molar-refractivity contribution < 1.29 is 14.3 Å². The number of nitrogens with zero attached hydrogens (tertiary/aromatic N) is 1. The molecule has 2 heterocycles. The van der Waals surface area contributed by atoms with Crippen molar-refractivity contribution in [3.8, 4) is 0 Å². The van der Waals surface area contributed by atoms with Crippen LogP contribution in [0.25, 0.3) is 0 Å². The normalized spacial score (nSPS) is 16.1. The van der Waals surface area contributed by atoms with Gasteiger partial charge in [-0.2, -0.15) is 0 Å². The fourth-order valence-corrected chi connectivity index (χ4v) is 2.79. The Bertz CT molecular complexity index is 761. The Morgan fingerprint density at radius 2 is 2.04 bits per heavy atom. The number of aromatic nitrogens is 1. The van der Waals surface area contributed by atoms with Crippen LogP contribution in [0.15, 0.2) is 42.6 Å². The van der Waals surface area contributed by atoms with Gasteiger partial charge in [0.25, 0.3) is 0 Å². The molecule has 0 saturated heterocycles. The average Bonchev–Trinajstić information content (AvgIpc) is 2.56. The largest absolute Gasteiger partial charge is 0.373 e. The van der Waals surface area contributed by atoms with E-state index in [-0.39, 0.29) is 24.3 Å². The number of fused-ring (bicyclic) bond motifs is 1. The van der Waals surface area contributed by atoms with E-state index in [1.165, 1.54) is 12.5 Å². The van der Waals surface area contributed by atoms with E-state index in [9.17, 15) is 9.59 Å². The summed E-state index contributed by atoms with van der Waals surface area (Å²) in [4.78, 5) is 27.7. The summed E-state index contributed by atoms with van der Waals surface area (Å²) >= 11 is 0. The number of carbonyl (C=O) groups is 2. The van der Waals surface area contributed by atoms with Crippen LogP contribution in [0.3, 0.4) is 0 Å². The molecule has 0 aliphatic carbocycles. The lowest BCUT2D eigenvalue weighted by Gasteiger charge is -2.25. The number of anilines is 2. The van der Waals surface area contributed by atoms with Crippen LogP contribution in [0.2, 0.25) is 0 Å². The molecule has 0 fully saturated rings. The molecule has 2 amide bonds. The Labute approximate surface area is 140 Å². The van der Waals surface area contributed by atoms with Crippen molar-refractivity contribution in [1.82, 2.24) is 4.98 Å². The summed E-state index contributed by atoms with van der Waals surface area (Å²) in [5.74, 6) is -0.0909. The minimum Gasteiger partial charge on any atom is -0.373 e. The van der Waals surface area contributed by atoms with Crippen LogP contribution in [-0.2, 0) is 20.7 Å². The molecule has 0 spiro atoms. The molecule has 6 heteroatoms. The predicted molar refractivity (Wildman–Crippen MR) is 90.6 cm³/mol. The summed E-state index contributed by atoms with van der Waals surface area (Å²) in [5, 5.41) is 5.40. The maximum atomic E-state index is 12.4. The number of hydrogen-bond acceptors (Lipinski definition) is 4. The molecule has 1 aromatic heterocycles. The minimum absolute atomic E-state index is 0.201. The highest BCUT2D eigenvalue weighted by molar-refractivity contribution is 5.97. The second-order valence-corrected chi connectivity index (χ2v) is 5.64. The van der Waals surface area contributed by atoms with Gasteiger partial charge in [0, 0.05) is 13.1 Å². The highest BCUT2D eigenvalue weighted by atomic mass is 16.5. The Morgan fingerprint density at radius 3 is 2.88 bits per heavy atom. The fraction of sp³-hybridized carbons (Fsp3) is 0.278. The van der Waals surface area contributed by atoms with Gasteiger partial charge >= 0.3 is 0 Å². The number of hydrogen-bond donors (Lipinski definition) is 2. The summed E-state index contributed by atoms with van der Waals surface area (Å²) < 4.78 is 5.76. The number of ether oxygens (including phenoxy) is 1. The summed E-state index contributed by atoms with van der Waals surface area (Å²) in [6, 6.07) is 11.4. The molecule has 1 aliphatic rings. The zero-order valence-electron chi connectivity index (χ0n) is 13.4. The van der Waals surface area contributed by atoms with Crippen molar-refractivity contribution in [1.29, 1.82) is 0 Å². The van der Waals surface area contributed by atoms with E-state index >= 15 is 0 Å². The maximum absolute atomic E-state index is 12.4. The minimum atomic E-state index is -0.261. The van der Waals surface area contributed by atoms with Crippen molar-refractivity contribution in [2.45, 2.75) is 25.9 Å². The summed E-state index contributed by atoms with van der Waals surface area (Å²) in [6.45, 7) is 2.01. The van der Waals surface area contributed by atoms with Gasteiger partial charge in [0.1, 0.15) is 0 Å². The van der Waals surface area contributed by atoms with Crippen LogP contribution in [0.1, 0.15) is 30.6 Å². The molecule has 124 valence electrons. The van der Waals surface area contributed by atoms with E-state index < -0.39 is 0 Å². The number of amides is 2. The van der Waals surface area contributed by atoms with E-state index in [1.54, 1.807) is 18.3 Å². The summed E-state index contributed by atoms with van der Waals surface area (Å²) in [6.07, 6.45) is 2.37. The quantitative estimate of drug-likeness (QED) is 0.905. The third kappa shape index (κ3) is 3.78. The Balaban J connectivity index is 1.70. The van der Waals surface area contributed by atoms with Gasteiger partial charge in [-0.05, 0) is 29.7 Å². The van der Waals surface area contributed by atoms with Crippen molar-refractivity contribution in [2.75, 3.05) is 17.2 Å². The van der Waals surface area contributed by atoms with Crippen molar-refractivity contribution in [3.63, 3.8) is 0 Å². The molecular weight excluding hydrogens is 306 g/mol. The lowest BCUT2D eigenvalue weighted by Crippen LogP contribution is -2.23. The molecule has 24 heavy (non-hydrogen) atoms. The topological polar surface area (TPSA) is 80.3 Å². The number of benzene rings is 1. The first-order valence-corrected chi connectivity index (χ1v) is 7.85. The van der Waals surface area contributed by atoms with Gasteiger partial charge in [-0.3, -0.25) is 9.59 Å². The molecule has 1 aliphatic heterocycles. The monoisotopic (exact) mass is 325 g/mol. The van der Waals surface area contributed by atoms with Crippen LogP contribution in [0.4, 0.5) is 11.5 Å². The van der Waals surface area contributed by atoms with Crippen LogP contribution >= 0.6 is 0 Å². The van der Waals surface area contributed by atoms with Crippen LogP contribution in [0.5, 0.6) is 0 Å². The molecule has 6 nitrogen and oxygen atoms in total. The van der Waals surface area contributed by atoms with Crippen LogP contribution < -0.4 is 10.6 Å². The lowest BCUT2D eigenvalue weighted by molar-refractivity contribution is -0.119. The maximum Gasteiger partial charge on any atom is 0.228 e. The first-order valence-electron chi connectivity index (χ1n) is 7.85. The van der Waals surface area contributed by atoms with Gasteiger partial charge in [0.15, 0.2) is 5.82 Å². The van der Waals surface area contributed by atoms with Gasteiger partial charge in [-0.1, -0.05) is 24.3 Å². The Hall–Kier alpha value is -2.73. The molecule has 1 atom stereocenters. The lowest BCUT2D eigenvalue weighted by atomic mass is 9.95. The van der Waals surface area contributed by atoms with Crippen LogP contribution in [0, 0.1) is 0 Å². The Kier molecular flexibility index (Phi) is 4.86. The van der Waals surface area contributed by atoms with Gasteiger partial charge in [-0.15, -0.1) is 0 Å². The number of nitrogens with one attached hydrogen (secondary N) is 2. The van der Waals surface area contributed by atoms with E-state index in [1.807, 2.05) is 18.2 Å². The Morgan fingerprint density at radius 1 is 1.21 bits per heavy atom. The summed E-state index contributed by atoms with van der Waals surface area (Å²) in [7, 11) is 0. The molecule has 1 unspecified atom stereocenters. The molecule has 0 bridgehead atoms. The second-order valence-electron chi connectivity index (χ2n) is 5.64. The fourth-order valence-electron chi connectivity index (χ4n) is 2.79. The predicted octanol–water partition coefficient (Wildman–Crippen LogP) is 2.68. The zero-order chi connectivity index (χ0) is 16.9. The molecule has 2 aromatic rings. The van der Waals surface area contributed by atoms with Gasteiger partial charge < -0.3 is 15.4 Å². The highest BCUT2D eigenvalue weighted by Gasteiger charge is 2.23. The average molecular weight is 325 g/mol. The molecule has 1 aromatic carbocycles. The van der Waals surface area contributed by atoms with Crippen molar-refractivity contribution in [3.05, 3.63) is 53.7 Å². The SMILES string of the molecule is CC(=O)Nc1cccnc1NC(=O)CC1OCCc2ccccc21. The van der Waals surface area contributed by atoms with E-state index in [0.29, 0.717) is 18.1 Å². The van der Waals surface area contributed by atoms with Crippen molar-refractivity contribution in [2.24, 2.45) is 0 Å². The number of pyridine rings is 1. The standard InChI is InChI=1S/C18H19N3O3/c1-12(22)20-15-7-4-9-19-18(15)21-17(23)11-16-14-6-3-2-5-13(14)8-10-24-16/h2-7,9,16H,8,10-11H2,1H3,(H,20,22)(H,19,21,23). The molecule has 0 radical (unpaired) electrons. The highest BCUT2D eigenvalue weighted by Crippen LogP contribution is 2.30. The molecule has 3 rings (SSSR count). The second kappa shape index (κ2) is 7.23. The number of rotatable bonds is 4. The smallest absolute Gasteiger partial charge is 0.228 e. The first-order chi connectivity index (χ1) is 11.6. The van der Waals surface area contributed by atoms with Crippen LogP contribution in [-0.4, -0.2) is 23.4 Å². The first kappa shape index (κ1) is 16.1. The third-order valence-corrected chi connectivity index (χ3v) is 3.84. The zero-order valence-corrected chi connectivity index (χ0v) is 13.4. The number of carbonyl (C=O) groups excluding carboxylic acids is 2. The van der Waals surface area contributed by atoms with Gasteiger partial charge in [0.05, 0.1) is 24.8 Å². The molecule has 0 saturated carbocycles. The third-order valence-electron chi connectivity index (χ3n) is 3.84. The van der Waals surface area contributed by atoms with Gasteiger partial charge in [0.2, 0.25) is 11.8 Å². The molecule has 2 N–H and O–H groups in total. The van der Waals surface area contributed by atoms with E-state index in [2.05, 4.69) is 21.7 Å². The summed E-state index contributed by atoms with van der Waals surface area (Å²) in [5.41, 5.74) is 2.75. The van der Waals surface area contributed by atoms with E-state index in [0.717, 1.165) is 12.0 Å².